The molecule has 1 N–H and O–H groups in total. The first-order valence-corrected chi connectivity index (χ1v) is 5.99. The van der Waals surface area contributed by atoms with Crippen molar-refractivity contribution in [3.63, 3.8) is 0 Å². The summed E-state index contributed by atoms with van der Waals surface area (Å²) in [6.45, 7) is 4.54. The Morgan fingerprint density at radius 2 is 2.18 bits per heavy atom. The number of hydrogen-bond acceptors (Lipinski definition) is 5. The number of ether oxygens (including phenoxy) is 2. The summed E-state index contributed by atoms with van der Waals surface area (Å²) in [7, 11) is 1.62. The molecule has 1 saturated heterocycles. The van der Waals surface area contributed by atoms with E-state index in [2.05, 4.69) is 15.3 Å². The lowest BCUT2D eigenvalue weighted by Crippen LogP contribution is -2.23. The summed E-state index contributed by atoms with van der Waals surface area (Å²) in [6, 6.07) is 1.83. The SMILES string of the molecule is COc1cc(NCC2CCOCC2)nc(C)n1. The van der Waals surface area contributed by atoms with Crippen molar-refractivity contribution in [1.29, 1.82) is 0 Å². The molecule has 0 bridgehead atoms. The molecule has 1 aliphatic heterocycles. The largest absolute Gasteiger partial charge is 0.481 e. The van der Waals surface area contributed by atoms with Gasteiger partial charge in [0, 0.05) is 25.8 Å². The van der Waals surface area contributed by atoms with Crippen molar-refractivity contribution in [3.05, 3.63) is 11.9 Å². The zero-order valence-electron chi connectivity index (χ0n) is 10.4. The Labute approximate surface area is 102 Å². The molecule has 5 nitrogen and oxygen atoms in total. The third-order valence-electron chi connectivity index (χ3n) is 2.94. The van der Waals surface area contributed by atoms with Gasteiger partial charge in [0.25, 0.3) is 0 Å². The van der Waals surface area contributed by atoms with E-state index in [0.717, 1.165) is 44.2 Å². The lowest BCUT2D eigenvalue weighted by Gasteiger charge is -2.22. The number of aromatic nitrogens is 2. The average molecular weight is 237 g/mol. The second-order valence-electron chi connectivity index (χ2n) is 4.28. The van der Waals surface area contributed by atoms with Crippen molar-refractivity contribution < 1.29 is 9.47 Å². The van der Waals surface area contributed by atoms with E-state index in [-0.39, 0.29) is 0 Å². The van der Waals surface area contributed by atoms with Crippen molar-refractivity contribution in [2.24, 2.45) is 5.92 Å². The van der Waals surface area contributed by atoms with E-state index in [0.29, 0.717) is 11.8 Å². The van der Waals surface area contributed by atoms with Gasteiger partial charge < -0.3 is 14.8 Å². The van der Waals surface area contributed by atoms with Crippen molar-refractivity contribution >= 4 is 5.82 Å². The summed E-state index contributed by atoms with van der Waals surface area (Å²) in [5.74, 6) is 2.83. The van der Waals surface area contributed by atoms with Crippen molar-refractivity contribution in [2.75, 3.05) is 32.2 Å². The van der Waals surface area contributed by atoms with Gasteiger partial charge in [-0.2, -0.15) is 4.98 Å². The van der Waals surface area contributed by atoms with E-state index in [4.69, 9.17) is 9.47 Å². The molecule has 0 unspecified atom stereocenters. The second-order valence-corrected chi connectivity index (χ2v) is 4.28. The summed E-state index contributed by atoms with van der Waals surface area (Å²) in [5.41, 5.74) is 0. The maximum absolute atomic E-state index is 5.33. The third kappa shape index (κ3) is 3.56. The lowest BCUT2D eigenvalue weighted by atomic mass is 10.0. The predicted molar refractivity (Wildman–Crippen MR) is 65.4 cm³/mol. The number of nitrogens with zero attached hydrogens (tertiary/aromatic N) is 2. The lowest BCUT2D eigenvalue weighted by molar-refractivity contribution is 0.0699. The first-order valence-electron chi connectivity index (χ1n) is 5.99. The van der Waals surface area contributed by atoms with E-state index >= 15 is 0 Å². The molecule has 2 rings (SSSR count). The first-order chi connectivity index (χ1) is 8.28. The highest BCUT2D eigenvalue weighted by Gasteiger charge is 2.13. The molecule has 0 saturated carbocycles. The highest BCUT2D eigenvalue weighted by atomic mass is 16.5. The third-order valence-corrected chi connectivity index (χ3v) is 2.94. The maximum Gasteiger partial charge on any atom is 0.218 e. The summed E-state index contributed by atoms with van der Waals surface area (Å²) in [6.07, 6.45) is 2.24. The van der Waals surface area contributed by atoms with Crippen LogP contribution in [0.15, 0.2) is 6.07 Å². The van der Waals surface area contributed by atoms with Gasteiger partial charge in [0.2, 0.25) is 5.88 Å². The molecule has 2 heterocycles. The van der Waals surface area contributed by atoms with Crippen LogP contribution in [0.3, 0.4) is 0 Å². The number of anilines is 1. The van der Waals surface area contributed by atoms with Crippen LogP contribution in [0.1, 0.15) is 18.7 Å². The molecule has 94 valence electrons. The molecule has 0 atom stereocenters. The standard InChI is InChI=1S/C12H19N3O2/c1-9-14-11(7-12(15-9)16-2)13-8-10-3-5-17-6-4-10/h7,10H,3-6,8H2,1-2H3,(H,13,14,15). The molecule has 1 aromatic heterocycles. The summed E-state index contributed by atoms with van der Waals surface area (Å²) < 4.78 is 10.5. The molecular weight excluding hydrogens is 218 g/mol. The van der Waals surface area contributed by atoms with Gasteiger partial charge in [-0.1, -0.05) is 0 Å². The monoisotopic (exact) mass is 237 g/mol. The van der Waals surface area contributed by atoms with E-state index in [1.807, 2.05) is 13.0 Å². The number of aryl methyl sites for hydroxylation is 1. The van der Waals surface area contributed by atoms with Crippen molar-refractivity contribution in [3.8, 4) is 5.88 Å². The number of rotatable bonds is 4. The predicted octanol–water partition coefficient (Wildman–Crippen LogP) is 1.63. The highest BCUT2D eigenvalue weighted by Crippen LogP contribution is 2.17. The van der Waals surface area contributed by atoms with Crippen molar-refractivity contribution in [2.45, 2.75) is 19.8 Å². The molecule has 17 heavy (non-hydrogen) atoms. The van der Waals surface area contributed by atoms with Crippen LogP contribution in [0.2, 0.25) is 0 Å². The first kappa shape index (κ1) is 12.1. The molecule has 0 aromatic carbocycles. The van der Waals surface area contributed by atoms with Crippen LogP contribution < -0.4 is 10.1 Å². The Morgan fingerprint density at radius 3 is 2.88 bits per heavy atom. The summed E-state index contributed by atoms with van der Waals surface area (Å²) in [4.78, 5) is 8.49. The van der Waals surface area contributed by atoms with Crippen LogP contribution in [0.25, 0.3) is 0 Å². The fourth-order valence-corrected chi connectivity index (χ4v) is 1.93. The van der Waals surface area contributed by atoms with Gasteiger partial charge in [-0.25, -0.2) is 4.98 Å². The Bertz CT molecular complexity index is 365. The number of methoxy groups -OCH3 is 1. The molecule has 5 heteroatoms. The summed E-state index contributed by atoms with van der Waals surface area (Å²) >= 11 is 0. The minimum Gasteiger partial charge on any atom is -0.481 e. The molecule has 0 amide bonds. The molecule has 1 fully saturated rings. The van der Waals surface area contributed by atoms with Crippen LogP contribution in [0.4, 0.5) is 5.82 Å². The normalized spacial score (nSPS) is 16.8. The fraction of sp³-hybridized carbons (Fsp3) is 0.667. The van der Waals surface area contributed by atoms with E-state index in [1.54, 1.807) is 7.11 Å². The van der Waals surface area contributed by atoms with Crippen LogP contribution in [-0.2, 0) is 4.74 Å². The van der Waals surface area contributed by atoms with E-state index < -0.39 is 0 Å². The van der Waals surface area contributed by atoms with Crippen LogP contribution in [0, 0.1) is 12.8 Å². The van der Waals surface area contributed by atoms with Crippen LogP contribution in [-0.4, -0.2) is 36.8 Å². The Morgan fingerprint density at radius 1 is 1.41 bits per heavy atom. The molecule has 1 aliphatic rings. The molecular formula is C12H19N3O2. The average Bonchev–Trinajstić information content (AvgIpc) is 2.37. The molecule has 0 spiro atoms. The van der Waals surface area contributed by atoms with Crippen molar-refractivity contribution in [1.82, 2.24) is 9.97 Å². The summed E-state index contributed by atoms with van der Waals surface area (Å²) in [5, 5.41) is 3.34. The Balaban J connectivity index is 1.91. The number of hydrogen-bond donors (Lipinski definition) is 1. The maximum atomic E-state index is 5.33. The zero-order valence-corrected chi connectivity index (χ0v) is 10.4. The van der Waals surface area contributed by atoms with E-state index in [1.165, 1.54) is 0 Å². The van der Waals surface area contributed by atoms with Crippen LogP contribution >= 0.6 is 0 Å². The quantitative estimate of drug-likeness (QED) is 0.862. The minimum absolute atomic E-state index is 0.604. The topological polar surface area (TPSA) is 56.3 Å². The molecule has 0 radical (unpaired) electrons. The van der Waals surface area contributed by atoms with Crippen LogP contribution in [0.5, 0.6) is 5.88 Å². The highest BCUT2D eigenvalue weighted by molar-refractivity contribution is 5.38. The smallest absolute Gasteiger partial charge is 0.218 e. The molecule has 1 aromatic rings. The molecule has 0 aliphatic carbocycles. The van der Waals surface area contributed by atoms with E-state index in [9.17, 15) is 0 Å². The van der Waals surface area contributed by atoms with Gasteiger partial charge in [0.15, 0.2) is 0 Å². The van der Waals surface area contributed by atoms with Gasteiger partial charge in [-0.15, -0.1) is 0 Å². The second kappa shape index (κ2) is 5.82. The van der Waals surface area contributed by atoms with Gasteiger partial charge in [0.1, 0.15) is 11.6 Å². The van der Waals surface area contributed by atoms with Gasteiger partial charge in [0.05, 0.1) is 7.11 Å². The van der Waals surface area contributed by atoms with Gasteiger partial charge in [-0.3, -0.25) is 0 Å². The minimum atomic E-state index is 0.604. The van der Waals surface area contributed by atoms with Gasteiger partial charge >= 0.3 is 0 Å². The fourth-order valence-electron chi connectivity index (χ4n) is 1.93. The van der Waals surface area contributed by atoms with Gasteiger partial charge in [-0.05, 0) is 25.7 Å². The number of nitrogens with one attached hydrogen (secondary N) is 1. The Kier molecular flexibility index (Phi) is 4.14. The zero-order chi connectivity index (χ0) is 12.1. The Hall–Kier alpha value is -1.36.